The Labute approximate surface area is 80.3 Å². The molecule has 1 rings (SSSR count). The molecule has 0 unspecified atom stereocenters. The van der Waals surface area contributed by atoms with Gasteiger partial charge in [-0.25, -0.2) is 9.78 Å². The monoisotopic (exact) mass is 195 g/mol. The van der Waals surface area contributed by atoms with E-state index in [1.165, 1.54) is 26.2 Å². The first kappa shape index (κ1) is 10.2. The normalized spacial score (nSPS) is 9.57. The lowest BCUT2D eigenvalue weighted by Crippen LogP contribution is -2.10. The fourth-order valence-electron chi connectivity index (χ4n) is 0.992. The van der Waals surface area contributed by atoms with Gasteiger partial charge in [0.05, 0.1) is 12.7 Å². The van der Waals surface area contributed by atoms with Gasteiger partial charge in [0.25, 0.3) is 0 Å². The molecular weight excluding hydrogens is 186 g/mol. The second-order valence-corrected chi connectivity index (χ2v) is 2.61. The molecule has 0 aliphatic rings. The summed E-state index contributed by atoms with van der Waals surface area (Å²) in [6.07, 6.45) is 0. The van der Waals surface area contributed by atoms with Crippen molar-refractivity contribution in [3.63, 3.8) is 0 Å². The Hall–Kier alpha value is -1.91. The van der Waals surface area contributed by atoms with E-state index in [1.807, 2.05) is 0 Å². The van der Waals surface area contributed by atoms with Crippen molar-refractivity contribution in [2.75, 3.05) is 7.11 Å². The molecule has 0 saturated heterocycles. The minimum atomic E-state index is -0.650. The van der Waals surface area contributed by atoms with E-state index in [0.29, 0.717) is 0 Å². The van der Waals surface area contributed by atoms with Gasteiger partial charge in [-0.3, -0.25) is 4.79 Å². The van der Waals surface area contributed by atoms with E-state index >= 15 is 0 Å². The first-order chi connectivity index (χ1) is 6.56. The summed E-state index contributed by atoms with van der Waals surface area (Å²) in [4.78, 5) is 25.8. The van der Waals surface area contributed by atoms with Gasteiger partial charge < -0.3 is 9.84 Å². The van der Waals surface area contributed by atoms with Crippen molar-refractivity contribution in [3.8, 4) is 5.88 Å². The maximum absolute atomic E-state index is 11.2. The standard InChI is InChI=1S/C9H9NO4/c1-5(11)8-6(9(13)14-2)3-4-7(12)10-8/h3-4H,1-2H3,(H,10,12). The topological polar surface area (TPSA) is 76.5 Å². The smallest absolute Gasteiger partial charge is 0.340 e. The fourth-order valence-corrected chi connectivity index (χ4v) is 0.992. The number of nitrogens with zero attached hydrogens (tertiary/aromatic N) is 1. The summed E-state index contributed by atoms with van der Waals surface area (Å²) in [5, 5.41) is 9.03. The number of carbonyl (C=O) groups is 2. The first-order valence-corrected chi connectivity index (χ1v) is 3.85. The molecule has 0 radical (unpaired) electrons. The molecule has 0 fully saturated rings. The molecule has 74 valence electrons. The number of Topliss-reactive ketones (excluding diaryl/α,β-unsaturated/α-hetero) is 1. The predicted molar refractivity (Wildman–Crippen MR) is 47.2 cm³/mol. The van der Waals surface area contributed by atoms with E-state index in [4.69, 9.17) is 5.11 Å². The van der Waals surface area contributed by atoms with Crippen LogP contribution in [0.25, 0.3) is 0 Å². The molecule has 1 N–H and O–H groups in total. The Kier molecular flexibility index (Phi) is 2.81. The van der Waals surface area contributed by atoms with Gasteiger partial charge in [-0.15, -0.1) is 0 Å². The van der Waals surface area contributed by atoms with Crippen LogP contribution in [0.4, 0.5) is 0 Å². The number of carbonyl (C=O) groups excluding carboxylic acids is 2. The van der Waals surface area contributed by atoms with Crippen LogP contribution in [0.2, 0.25) is 0 Å². The second-order valence-electron chi connectivity index (χ2n) is 2.61. The summed E-state index contributed by atoms with van der Waals surface area (Å²) in [5.74, 6) is -1.35. The van der Waals surface area contributed by atoms with Crippen LogP contribution >= 0.6 is 0 Å². The lowest BCUT2D eigenvalue weighted by Gasteiger charge is -2.03. The van der Waals surface area contributed by atoms with E-state index in [-0.39, 0.29) is 17.1 Å². The lowest BCUT2D eigenvalue weighted by molar-refractivity contribution is 0.0596. The highest BCUT2D eigenvalue weighted by atomic mass is 16.5. The van der Waals surface area contributed by atoms with E-state index in [9.17, 15) is 9.59 Å². The van der Waals surface area contributed by atoms with Crippen molar-refractivity contribution in [3.05, 3.63) is 23.4 Å². The van der Waals surface area contributed by atoms with Crippen LogP contribution in [0.15, 0.2) is 12.1 Å². The summed E-state index contributed by atoms with van der Waals surface area (Å²) in [6.45, 7) is 1.26. The Morgan fingerprint density at radius 3 is 2.57 bits per heavy atom. The average Bonchev–Trinajstić information content (AvgIpc) is 2.16. The fraction of sp³-hybridized carbons (Fsp3) is 0.222. The van der Waals surface area contributed by atoms with Gasteiger partial charge >= 0.3 is 5.97 Å². The molecule has 0 saturated carbocycles. The zero-order chi connectivity index (χ0) is 10.7. The number of ether oxygens (including phenoxy) is 1. The Balaban J connectivity index is 3.28. The molecular formula is C9H9NO4. The maximum atomic E-state index is 11.2. The van der Waals surface area contributed by atoms with Crippen LogP contribution in [0, 0.1) is 0 Å². The molecule has 0 aliphatic heterocycles. The van der Waals surface area contributed by atoms with Gasteiger partial charge in [0.15, 0.2) is 5.78 Å². The van der Waals surface area contributed by atoms with Gasteiger partial charge in [0.1, 0.15) is 5.69 Å². The highest BCUT2D eigenvalue weighted by molar-refractivity contribution is 6.03. The number of rotatable bonds is 2. The SMILES string of the molecule is COC(=O)c1ccc(O)nc1C(C)=O. The molecule has 1 aromatic heterocycles. The highest BCUT2D eigenvalue weighted by Crippen LogP contribution is 2.13. The molecule has 14 heavy (non-hydrogen) atoms. The summed E-state index contributed by atoms with van der Waals surface area (Å²) < 4.78 is 4.45. The second kappa shape index (κ2) is 3.87. The average molecular weight is 195 g/mol. The molecule has 1 aromatic rings. The third-order valence-electron chi connectivity index (χ3n) is 1.62. The number of hydrogen-bond acceptors (Lipinski definition) is 5. The first-order valence-electron chi connectivity index (χ1n) is 3.85. The van der Waals surface area contributed by atoms with Crippen molar-refractivity contribution in [1.82, 2.24) is 4.98 Å². The minimum Gasteiger partial charge on any atom is -0.493 e. The third-order valence-corrected chi connectivity index (χ3v) is 1.62. The Bertz CT molecular complexity index is 386. The molecule has 0 aromatic carbocycles. The minimum absolute atomic E-state index is 0.0535. The van der Waals surface area contributed by atoms with E-state index in [0.717, 1.165) is 0 Å². The van der Waals surface area contributed by atoms with Crippen molar-refractivity contribution >= 4 is 11.8 Å². The summed E-state index contributed by atoms with van der Waals surface area (Å²) >= 11 is 0. The van der Waals surface area contributed by atoms with Crippen molar-refractivity contribution in [1.29, 1.82) is 0 Å². The van der Waals surface area contributed by atoms with Crippen LogP contribution in [0.3, 0.4) is 0 Å². The number of hydrogen-bond donors (Lipinski definition) is 1. The predicted octanol–water partition coefficient (Wildman–Crippen LogP) is 0.776. The van der Waals surface area contributed by atoms with Crippen molar-refractivity contribution in [2.45, 2.75) is 6.92 Å². The van der Waals surface area contributed by atoms with Gasteiger partial charge in [-0.1, -0.05) is 0 Å². The van der Waals surface area contributed by atoms with Crippen LogP contribution in [-0.4, -0.2) is 29.0 Å². The number of methoxy groups -OCH3 is 1. The molecule has 0 aliphatic carbocycles. The zero-order valence-electron chi connectivity index (χ0n) is 7.77. The maximum Gasteiger partial charge on any atom is 0.340 e. The molecule has 0 spiro atoms. The molecule has 5 nitrogen and oxygen atoms in total. The van der Waals surface area contributed by atoms with Crippen LogP contribution in [0.5, 0.6) is 5.88 Å². The highest BCUT2D eigenvalue weighted by Gasteiger charge is 2.16. The Morgan fingerprint density at radius 2 is 2.07 bits per heavy atom. The Morgan fingerprint density at radius 1 is 1.43 bits per heavy atom. The zero-order valence-corrected chi connectivity index (χ0v) is 7.77. The van der Waals surface area contributed by atoms with E-state index < -0.39 is 11.8 Å². The van der Waals surface area contributed by atoms with Gasteiger partial charge in [0, 0.05) is 13.0 Å². The van der Waals surface area contributed by atoms with Gasteiger partial charge in [0.2, 0.25) is 5.88 Å². The summed E-state index contributed by atoms with van der Waals surface area (Å²) in [6, 6.07) is 2.52. The van der Waals surface area contributed by atoms with E-state index in [1.54, 1.807) is 0 Å². The number of esters is 1. The lowest BCUT2D eigenvalue weighted by atomic mass is 10.1. The molecule has 0 atom stereocenters. The quantitative estimate of drug-likeness (QED) is 0.557. The van der Waals surface area contributed by atoms with Gasteiger partial charge in [-0.05, 0) is 6.07 Å². The third kappa shape index (κ3) is 1.87. The van der Waals surface area contributed by atoms with Crippen LogP contribution in [0.1, 0.15) is 27.8 Å². The van der Waals surface area contributed by atoms with Crippen molar-refractivity contribution in [2.24, 2.45) is 0 Å². The molecule has 0 amide bonds. The largest absolute Gasteiger partial charge is 0.493 e. The molecule has 5 heteroatoms. The van der Waals surface area contributed by atoms with Crippen LogP contribution < -0.4 is 0 Å². The molecule has 1 heterocycles. The van der Waals surface area contributed by atoms with Crippen molar-refractivity contribution < 1.29 is 19.4 Å². The number of aromatic hydroxyl groups is 1. The number of pyridine rings is 1. The number of aromatic nitrogens is 1. The summed E-state index contributed by atoms with van der Waals surface area (Å²) in [5.41, 5.74) is -0.0327. The van der Waals surface area contributed by atoms with Gasteiger partial charge in [-0.2, -0.15) is 0 Å². The van der Waals surface area contributed by atoms with Crippen LogP contribution in [-0.2, 0) is 4.74 Å². The molecule has 0 bridgehead atoms. The van der Waals surface area contributed by atoms with E-state index in [2.05, 4.69) is 9.72 Å². The number of ketones is 1. The summed E-state index contributed by atoms with van der Waals surface area (Å²) in [7, 11) is 1.21.